The van der Waals surface area contributed by atoms with E-state index in [2.05, 4.69) is 45.7 Å². The molecule has 0 atom stereocenters. The average Bonchev–Trinajstić information content (AvgIpc) is 2.68. The van der Waals surface area contributed by atoms with Gasteiger partial charge >= 0.3 is 0 Å². The number of anilines is 3. The maximum atomic E-state index is 6.14. The van der Waals surface area contributed by atoms with Gasteiger partial charge < -0.3 is 19.6 Å². The standard InChI is InChI=1S/C20H27ClN6/c1-16-14-19(23-20(22-16)27-8-6-24(2)7-9-27)26-12-10-25(11-13-26)18-5-3-4-17(21)15-18/h3-5,14-15H,6-13H2,1-2H3. The summed E-state index contributed by atoms with van der Waals surface area (Å²) in [6, 6.07) is 10.2. The molecule has 3 heterocycles. The molecule has 2 fully saturated rings. The summed E-state index contributed by atoms with van der Waals surface area (Å²) in [7, 11) is 2.17. The number of aromatic nitrogens is 2. The zero-order chi connectivity index (χ0) is 18.8. The van der Waals surface area contributed by atoms with Gasteiger partial charge in [0, 0.05) is 74.8 Å². The van der Waals surface area contributed by atoms with Gasteiger partial charge in [-0.3, -0.25) is 0 Å². The molecule has 144 valence electrons. The van der Waals surface area contributed by atoms with Gasteiger partial charge in [0.05, 0.1) is 0 Å². The van der Waals surface area contributed by atoms with E-state index in [1.54, 1.807) is 0 Å². The van der Waals surface area contributed by atoms with Crippen molar-refractivity contribution in [2.45, 2.75) is 6.92 Å². The van der Waals surface area contributed by atoms with Gasteiger partial charge in [0.15, 0.2) is 0 Å². The molecular formula is C20H27ClN6. The lowest BCUT2D eigenvalue weighted by Gasteiger charge is -2.37. The van der Waals surface area contributed by atoms with Crippen LogP contribution in [0, 0.1) is 6.92 Å². The summed E-state index contributed by atoms with van der Waals surface area (Å²) in [5.74, 6) is 1.91. The van der Waals surface area contributed by atoms with Crippen LogP contribution in [-0.4, -0.2) is 74.3 Å². The number of aryl methyl sites for hydroxylation is 1. The Morgan fingerprint density at radius 3 is 2.19 bits per heavy atom. The number of piperazine rings is 2. The van der Waals surface area contributed by atoms with Crippen LogP contribution in [0.5, 0.6) is 0 Å². The molecule has 4 rings (SSSR count). The Kier molecular flexibility index (Phi) is 5.36. The summed E-state index contributed by atoms with van der Waals surface area (Å²) < 4.78 is 0. The SMILES string of the molecule is Cc1cc(N2CCN(c3cccc(Cl)c3)CC2)nc(N2CCN(C)CC2)n1. The second-order valence-electron chi connectivity index (χ2n) is 7.41. The highest BCUT2D eigenvalue weighted by Gasteiger charge is 2.22. The molecule has 7 heteroatoms. The van der Waals surface area contributed by atoms with E-state index in [0.717, 1.165) is 74.8 Å². The first-order valence-corrected chi connectivity index (χ1v) is 10.0. The minimum Gasteiger partial charge on any atom is -0.368 e. The average molecular weight is 387 g/mol. The van der Waals surface area contributed by atoms with Gasteiger partial charge in [0.2, 0.25) is 5.95 Å². The molecule has 1 aromatic carbocycles. The van der Waals surface area contributed by atoms with E-state index in [1.165, 1.54) is 5.69 Å². The van der Waals surface area contributed by atoms with E-state index in [4.69, 9.17) is 21.6 Å². The molecule has 2 aliphatic heterocycles. The molecule has 2 aliphatic rings. The minimum atomic E-state index is 0.790. The summed E-state index contributed by atoms with van der Waals surface area (Å²) in [6.45, 7) is 9.99. The zero-order valence-electron chi connectivity index (χ0n) is 16.1. The molecule has 0 saturated carbocycles. The van der Waals surface area contributed by atoms with Crippen molar-refractivity contribution >= 4 is 29.1 Å². The fourth-order valence-electron chi connectivity index (χ4n) is 3.71. The largest absolute Gasteiger partial charge is 0.368 e. The highest BCUT2D eigenvalue weighted by Crippen LogP contribution is 2.24. The van der Waals surface area contributed by atoms with Crippen LogP contribution >= 0.6 is 11.6 Å². The van der Waals surface area contributed by atoms with E-state index < -0.39 is 0 Å². The van der Waals surface area contributed by atoms with Crippen molar-refractivity contribution in [3.63, 3.8) is 0 Å². The lowest BCUT2D eigenvalue weighted by molar-refractivity contribution is 0.311. The van der Waals surface area contributed by atoms with E-state index >= 15 is 0 Å². The molecule has 2 aromatic rings. The Hall–Kier alpha value is -2.05. The normalized spacial score (nSPS) is 18.9. The van der Waals surface area contributed by atoms with Gasteiger partial charge in [-0.25, -0.2) is 4.98 Å². The third-order valence-corrected chi connectivity index (χ3v) is 5.63. The highest BCUT2D eigenvalue weighted by atomic mass is 35.5. The van der Waals surface area contributed by atoms with Crippen molar-refractivity contribution in [1.82, 2.24) is 14.9 Å². The summed E-state index contributed by atoms with van der Waals surface area (Å²) in [5.41, 5.74) is 2.23. The van der Waals surface area contributed by atoms with Crippen molar-refractivity contribution in [2.75, 3.05) is 74.1 Å². The number of hydrogen-bond donors (Lipinski definition) is 0. The molecule has 27 heavy (non-hydrogen) atoms. The maximum Gasteiger partial charge on any atom is 0.227 e. The molecule has 0 N–H and O–H groups in total. The molecule has 6 nitrogen and oxygen atoms in total. The highest BCUT2D eigenvalue weighted by molar-refractivity contribution is 6.30. The monoisotopic (exact) mass is 386 g/mol. The Bertz CT molecular complexity index is 782. The van der Waals surface area contributed by atoms with Crippen LogP contribution < -0.4 is 14.7 Å². The third-order valence-electron chi connectivity index (χ3n) is 5.39. The van der Waals surface area contributed by atoms with Crippen LogP contribution in [-0.2, 0) is 0 Å². The van der Waals surface area contributed by atoms with Crippen molar-refractivity contribution in [2.24, 2.45) is 0 Å². The molecule has 0 aliphatic carbocycles. The van der Waals surface area contributed by atoms with Gasteiger partial charge in [-0.1, -0.05) is 17.7 Å². The lowest BCUT2D eigenvalue weighted by atomic mass is 10.2. The Labute approximate surface area is 166 Å². The smallest absolute Gasteiger partial charge is 0.227 e. The molecule has 0 bridgehead atoms. The zero-order valence-corrected chi connectivity index (χ0v) is 16.9. The molecular weight excluding hydrogens is 360 g/mol. The van der Waals surface area contributed by atoms with Crippen LogP contribution in [0.15, 0.2) is 30.3 Å². The first-order valence-electron chi connectivity index (χ1n) is 9.63. The number of hydrogen-bond acceptors (Lipinski definition) is 6. The van der Waals surface area contributed by atoms with Crippen molar-refractivity contribution < 1.29 is 0 Å². The van der Waals surface area contributed by atoms with E-state index in [0.29, 0.717) is 0 Å². The Balaban J connectivity index is 1.45. The predicted molar refractivity (Wildman–Crippen MR) is 112 cm³/mol. The summed E-state index contributed by atoms with van der Waals surface area (Å²) in [5, 5.41) is 0.790. The van der Waals surface area contributed by atoms with Crippen LogP contribution in [0.3, 0.4) is 0 Å². The minimum absolute atomic E-state index is 0.790. The number of nitrogens with zero attached hydrogens (tertiary/aromatic N) is 6. The molecule has 0 spiro atoms. The second kappa shape index (κ2) is 7.90. The quantitative estimate of drug-likeness (QED) is 0.807. The lowest BCUT2D eigenvalue weighted by Crippen LogP contribution is -2.47. The number of rotatable bonds is 3. The van der Waals surface area contributed by atoms with E-state index in [-0.39, 0.29) is 0 Å². The van der Waals surface area contributed by atoms with Gasteiger partial charge in [0.25, 0.3) is 0 Å². The van der Waals surface area contributed by atoms with E-state index in [9.17, 15) is 0 Å². The summed E-state index contributed by atoms with van der Waals surface area (Å²) in [4.78, 5) is 19.0. The fourth-order valence-corrected chi connectivity index (χ4v) is 3.90. The number of benzene rings is 1. The first-order chi connectivity index (χ1) is 13.1. The van der Waals surface area contributed by atoms with Gasteiger partial charge in [-0.05, 0) is 32.2 Å². The van der Waals surface area contributed by atoms with Crippen LogP contribution in [0.4, 0.5) is 17.5 Å². The molecule has 2 saturated heterocycles. The van der Waals surface area contributed by atoms with Crippen LogP contribution in [0.1, 0.15) is 5.69 Å². The molecule has 0 amide bonds. The van der Waals surface area contributed by atoms with Crippen molar-refractivity contribution in [3.8, 4) is 0 Å². The number of halogens is 1. The third kappa shape index (κ3) is 4.28. The van der Waals surface area contributed by atoms with Crippen molar-refractivity contribution in [3.05, 3.63) is 41.0 Å². The predicted octanol–water partition coefficient (Wildman–Crippen LogP) is 2.52. The second-order valence-corrected chi connectivity index (χ2v) is 7.85. The summed E-state index contributed by atoms with van der Waals surface area (Å²) in [6.07, 6.45) is 0. The maximum absolute atomic E-state index is 6.14. The van der Waals surface area contributed by atoms with Crippen LogP contribution in [0.2, 0.25) is 5.02 Å². The topological polar surface area (TPSA) is 38.7 Å². The Morgan fingerprint density at radius 1 is 0.815 bits per heavy atom. The molecule has 1 aromatic heterocycles. The molecule has 0 radical (unpaired) electrons. The molecule has 0 unspecified atom stereocenters. The first kappa shape index (κ1) is 18.3. The van der Waals surface area contributed by atoms with E-state index in [1.807, 2.05) is 18.2 Å². The van der Waals surface area contributed by atoms with Gasteiger partial charge in [-0.15, -0.1) is 0 Å². The summed E-state index contributed by atoms with van der Waals surface area (Å²) >= 11 is 6.14. The fraction of sp³-hybridized carbons (Fsp3) is 0.500. The Morgan fingerprint density at radius 2 is 1.48 bits per heavy atom. The van der Waals surface area contributed by atoms with Gasteiger partial charge in [-0.2, -0.15) is 4.98 Å². The van der Waals surface area contributed by atoms with Gasteiger partial charge in [0.1, 0.15) is 5.82 Å². The van der Waals surface area contributed by atoms with Crippen molar-refractivity contribution in [1.29, 1.82) is 0 Å². The van der Waals surface area contributed by atoms with Crippen LogP contribution in [0.25, 0.3) is 0 Å². The number of likely N-dealkylation sites (N-methyl/N-ethyl adjacent to an activating group) is 1.